The zero-order valence-electron chi connectivity index (χ0n) is 16.3. The molecule has 0 radical (unpaired) electrons. The van der Waals surface area contributed by atoms with Crippen molar-refractivity contribution >= 4 is 5.95 Å². The van der Waals surface area contributed by atoms with Gasteiger partial charge in [0.25, 0.3) is 0 Å². The summed E-state index contributed by atoms with van der Waals surface area (Å²) in [5, 5.41) is 22.7. The SMILES string of the molecule is C[C@@H](c1ccccc1)n1nnnc1N1CCC(CO)(Cc2ccccc2)CC1. The summed E-state index contributed by atoms with van der Waals surface area (Å²) in [6, 6.07) is 20.8. The van der Waals surface area contributed by atoms with E-state index in [-0.39, 0.29) is 18.1 Å². The van der Waals surface area contributed by atoms with Crippen LogP contribution in [0, 0.1) is 5.41 Å². The number of aromatic nitrogens is 4. The highest BCUT2D eigenvalue weighted by molar-refractivity contribution is 5.32. The van der Waals surface area contributed by atoms with Crippen LogP contribution < -0.4 is 4.90 Å². The second-order valence-electron chi connectivity index (χ2n) is 7.82. The molecule has 6 heteroatoms. The molecular weight excluding hydrogens is 350 g/mol. The number of benzene rings is 2. The van der Waals surface area contributed by atoms with E-state index in [9.17, 15) is 5.11 Å². The molecule has 4 rings (SSSR count). The van der Waals surface area contributed by atoms with E-state index in [1.807, 2.05) is 28.9 Å². The lowest BCUT2D eigenvalue weighted by Crippen LogP contribution is -2.44. The Morgan fingerprint density at radius 3 is 2.29 bits per heavy atom. The summed E-state index contributed by atoms with van der Waals surface area (Å²) in [6.45, 7) is 4.01. The molecule has 1 atom stereocenters. The number of hydrogen-bond acceptors (Lipinski definition) is 5. The van der Waals surface area contributed by atoms with Gasteiger partial charge in [0.15, 0.2) is 0 Å². The molecule has 0 spiro atoms. The molecule has 1 aliphatic heterocycles. The third kappa shape index (κ3) is 3.78. The van der Waals surface area contributed by atoms with Crippen LogP contribution in [-0.2, 0) is 6.42 Å². The Bertz CT molecular complexity index is 872. The Balaban J connectivity index is 1.48. The van der Waals surface area contributed by atoms with Gasteiger partial charge in [-0.25, -0.2) is 4.68 Å². The van der Waals surface area contributed by atoms with Crippen LogP contribution in [0.3, 0.4) is 0 Å². The Kier molecular flexibility index (Phi) is 5.39. The third-order valence-electron chi connectivity index (χ3n) is 5.99. The number of nitrogens with zero attached hydrogens (tertiary/aromatic N) is 5. The first-order chi connectivity index (χ1) is 13.7. The van der Waals surface area contributed by atoms with Crippen LogP contribution in [0.2, 0.25) is 0 Å². The van der Waals surface area contributed by atoms with E-state index < -0.39 is 0 Å². The van der Waals surface area contributed by atoms with Crippen LogP contribution in [0.4, 0.5) is 5.95 Å². The van der Waals surface area contributed by atoms with Gasteiger partial charge in [-0.1, -0.05) is 65.8 Å². The first-order valence-corrected chi connectivity index (χ1v) is 9.93. The highest BCUT2D eigenvalue weighted by atomic mass is 16.3. The summed E-state index contributed by atoms with van der Waals surface area (Å²) < 4.78 is 1.90. The summed E-state index contributed by atoms with van der Waals surface area (Å²) >= 11 is 0. The molecule has 0 bridgehead atoms. The second-order valence-corrected chi connectivity index (χ2v) is 7.82. The van der Waals surface area contributed by atoms with Gasteiger partial charge >= 0.3 is 0 Å². The maximum Gasteiger partial charge on any atom is 0.246 e. The van der Waals surface area contributed by atoms with E-state index >= 15 is 0 Å². The third-order valence-corrected chi connectivity index (χ3v) is 5.99. The average molecular weight is 377 g/mol. The minimum atomic E-state index is -0.0683. The van der Waals surface area contributed by atoms with E-state index in [4.69, 9.17) is 0 Å². The normalized spacial score (nSPS) is 17.4. The molecular formula is C22H27N5O. The number of anilines is 1. The van der Waals surface area contributed by atoms with Crippen LogP contribution in [0.15, 0.2) is 60.7 Å². The largest absolute Gasteiger partial charge is 0.396 e. The molecule has 0 unspecified atom stereocenters. The van der Waals surface area contributed by atoms with Crippen molar-refractivity contribution in [1.29, 1.82) is 0 Å². The molecule has 0 amide bonds. The predicted molar refractivity (Wildman–Crippen MR) is 109 cm³/mol. The summed E-state index contributed by atoms with van der Waals surface area (Å²) in [7, 11) is 0. The molecule has 146 valence electrons. The van der Waals surface area contributed by atoms with Crippen molar-refractivity contribution in [2.75, 3.05) is 24.6 Å². The van der Waals surface area contributed by atoms with Gasteiger partial charge in [0.1, 0.15) is 0 Å². The van der Waals surface area contributed by atoms with E-state index in [0.29, 0.717) is 0 Å². The van der Waals surface area contributed by atoms with Crippen LogP contribution in [0.5, 0.6) is 0 Å². The van der Waals surface area contributed by atoms with E-state index in [1.54, 1.807) is 0 Å². The van der Waals surface area contributed by atoms with Gasteiger partial charge < -0.3 is 10.0 Å². The summed E-state index contributed by atoms with van der Waals surface area (Å²) in [5.74, 6) is 0.808. The first kappa shape index (κ1) is 18.6. The lowest BCUT2D eigenvalue weighted by molar-refractivity contribution is 0.0957. The summed E-state index contributed by atoms with van der Waals surface area (Å²) in [6.07, 6.45) is 2.75. The van der Waals surface area contributed by atoms with Crippen molar-refractivity contribution in [2.45, 2.75) is 32.2 Å². The molecule has 1 fully saturated rings. The van der Waals surface area contributed by atoms with Gasteiger partial charge in [0, 0.05) is 25.1 Å². The smallest absolute Gasteiger partial charge is 0.246 e. The second kappa shape index (κ2) is 8.10. The molecule has 0 aliphatic carbocycles. The van der Waals surface area contributed by atoms with Crippen molar-refractivity contribution in [3.05, 3.63) is 71.8 Å². The van der Waals surface area contributed by atoms with Crippen LogP contribution in [-0.4, -0.2) is 45.0 Å². The number of piperidine rings is 1. The van der Waals surface area contributed by atoms with Gasteiger partial charge in [-0.15, -0.1) is 0 Å². The van der Waals surface area contributed by atoms with E-state index in [0.717, 1.165) is 38.3 Å². The van der Waals surface area contributed by atoms with Gasteiger partial charge in [0.05, 0.1) is 6.04 Å². The van der Waals surface area contributed by atoms with Crippen LogP contribution in [0.25, 0.3) is 0 Å². The first-order valence-electron chi connectivity index (χ1n) is 9.93. The minimum absolute atomic E-state index is 0.0683. The molecule has 2 aromatic carbocycles. The Morgan fingerprint density at radius 2 is 1.64 bits per heavy atom. The standard InChI is InChI=1S/C22H27N5O/c1-18(20-10-6-3-7-11-20)27-21(23-24-25-27)26-14-12-22(17-28,13-15-26)16-19-8-4-2-5-9-19/h2-11,18,28H,12-17H2,1H3/t18-/m0/s1. The Labute approximate surface area is 165 Å². The zero-order chi connectivity index (χ0) is 19.4. The summed E-state index contributed by atoms with van der Waals surface area (Å²) in [4.78, 5) is 2.25. The predicted octanol–water partition coefficient (Wildman–Crippen LogP) is 3.10. The number of tetrazole rings is 1. The van der Waals surface area contributed by atoms with Gasteiger partial charge in [-0.05, 0) is 47.7 Å². The fourth-order valence-electron chi connectivity index (χ4n) is 4.12. The molecule has 0 saturated carbocycles. The quantitative estimate of drug-likeness (QED) is 0.715. The van der Waals surface area contributed by atoms with Crippen molar-refractivity contribution in [2.24, 2.45) is 5.41 Å². The summed E-state index contributed by atoms with van der Waals surface area (Å²) in [5.41, 5.74) is 2.40. The van der Waals surface area contributed by atoms with Gasteiger partial charge in [0.2, 0.25) is 5.95 Å². The molecule has 1 aliphatic rings. The van der Waals surface area contributed by atoms with Crippen molar-refractivity contribution in [1.82, 2.24) is 20.2 Å². The van der Waals surface area contributed by atoms with Crippen molar-refractivity contribution < 1.29 is 5.11 Å². The lowest BCUT2D eigenvalue weighted by Gasteiger charge is -2.41. The zero-order valence-corrected chi connectivity index (χ0v) is 16.3. The van der Waals surface area contributed by atoms with E-state index in [1.165, 1.54) is 11.1 Å². The highest BCUT2D eigenvalue weighted by Gasteiger charge is 2.36. The van der Waals surface area contributed by atoms with Crippen molar-refractivity contribution in [3.63, 3.8) is 0 Å². The number of hydrogen-bond donors (Lipinski definition) is 1. The highest BCUT2D eigenvalue weighted by Crippen LogP contribution is 2.36. The van der Waals surface area contributed by atoms with Gasteiger partial charge in [-0.2, -0.15) is 0 Å². The maximum atomic E-state index is 10.1. The topological polar surface area (TPSA) is 67.1 Å². The molecule has 1 saturated heterocycles. The molecule has 6 nitrogen and oxygen atoms in total. The molecule has 1 aromatic heterocycles. The number of rotatable bonds is 6. The van der Waals surface area contributed by atoms with Crippen LogP contribution in [0.1, 0.15) is 36.9 Å². The number of aliphatic hydroxyl groups is 1. The van der Waals surface area contributed by atoms with E-state index in [2.05, 4.69) is 63.7 Å². The number of aliphatic hydroxyl groups excluding tert-OH is 1. The van der Waals surface area contributed by atoms with Crippen LogP contribution >= 0.6 is 0 Å². The average Bonchev–Trinajstić information content (AvgIpc) is 3.25. The molecule has 2 heterocycles. The fourth-order valence-corrected chi connectivity index (χ4v) is 4.12. The molecule has 28 heavy (non-hydrogen) atoms. The monoisotopic (exact) mass is 377 g/mol. The molecule has 1 N–H and O–H groups in total. The molecule has 3 aromatic rings. The maximum absolute atomic E-state index is 10.1. The van der Waals surface area contributed by atoms with Gasteiger partial charge in [-0.3, -0.25) is 0 Å². The lowest BCUT2D eigenvalue weighted by atomic mass is 9.74. The minimum Gasteiger partial charge on any atom is -0.396 e. The Hall–Kier alpha value is -2.73. The fraction of sp³-hybridized carbons (Fsp3) is 0.409. The van der Waals surface area contributed by atoms with Crippen molar-refractivity contribution in [3.8, 4) is 0 Å². The Morgan fingerprint density at radius 1 is 1.00 bits per heavy atom.